The van der Waals surface area contributed by atoms with Crippen molar-refractivity contribution in [2.45, 2.75) is 31.6 Å². The van der Waals surface area contributed by atoms with Gasteiger partial charge in [0.05, 0.1) is 12.5 Å². The lowest BCUT2D eigenvalue weighted by atomic mass is 9.76. The molecule has 3 nitrogen and oxygen atoms in total. The number of carbonyl (C=O) groups is 1. The molecule has 134 valence electrons. The molecule has 0 N–H and O–H groups in total. The second kappa shape index (κ2) is 6.01. The van der Waals surface area contributed by atoms with E-state index in [0.29, 0.717) is 0 Å². The van der Waals surface area contributed by atoms with Gasteiger partial charge in [-0.2, -0.15) is 0 Å². The van der Waals surface area contributed by atoms with Crippen LogP contribution in [0.3, 0.4) is 0 Å². The number of hydrogen-bond acceptors (Lipinski definition) is 2. The van der Waals surface area contributed by atoms with E-state index in [2.05, 4.69) is 49.4 Å². The van der Waals surface area contributed by atoms with E-state index in [1.165, 1.54) is 5.56 Å². The first kappa shape index (κ1) is 16.9. The number of rotatable bonds is 3. The van der Waals surface area contributed by atoms with Crippen LogP contribution in [-0.2, 0) is 10.2 Å². The summed E-state index contributed by atoms with van der Waals surface area (Å²) in [4.78, 5) is 14.9. The highest BCUT2D eigenvalue weighted by molar-refractivity contribution is 6.08. The normalized spacial score (nSPS) is 27.5. The number of allylic oxidation sites excluding steroid dienone is 1. The minimum absolute atomic E-state index is 0.0217. The molecule has 4 rings (SSSR count). The fourth-order valence-corrected chi connectivity index (χ4v) is 4.65. The highest BCUT2D eigenvalue weighted by Crippen LogP contribution is 2.57. The van der Waals surface area contributed by atoms with Crippen LogP contribution >= 0.6 is 0 Å². The van der Waals surface area contributed by atoms with E-state index in [-0.39, 0.29) is 16.7 Å². The quantitative estimate of drug-likeness (QED) is 0.797. The summed E-state index contributed by atoms with van der Waals surface area (Å²) < 4.78 is 5.22. The fourth-order valence-electron chi connectivity index (χ4n) is 4.65. The van der Waals surface area contributed by atoms with Gasteiger partial charge >= 0.3 is 0 Å². The molecule has 0 radical (unpaired) electrons. The number of anilines is 1. The second-order valence-corrected chi connectivity index (χ2v) is 7.90. The molecule has 1 fully saturated rings. The number of hydrogen-bond donors (Lipinski definition) is 0. The van der Waals surface area contributed by atoms with Crippen LogP contribution in [0.25, 0.3) is 6.08 Å². The van der Waals surface area contributed by atoms with Gasteiger partial charge in [0.1, 0.15) is 5.75 Å². The summed E-state index contributed by atoms with van der Waals surface area (Å²) in [6, 6.07) is 16.3. The zero-order valence-electron chi connectivity index (χ0n) is 15.7. The Morgan fingerprint density at radius 3 is 2.54 bits per heavy atom. The van der Waals surface area contributed by atoms with Crippen molar-refractivity contribution in [1.82, 2.24) is 0 Å². The number of likely N-dealkylation sites (N-methyl/N-ethyl adjacent to an activating group) is 1. The van der Waals surface area contributed by atoms with Crippen LogP contribution in [0.1, 0.15) is 37.3 Å². The van der Waals surface area contributed by atoms with Crippen LogP contribution in [0, 0.1) is 5.41 Å². The molecular formula is C23H25NO2. The summed E-state index contributed by atoms with van der Waals surface area (Å²) >= 11 is 0. The Bertz CT molecular complexity index is 870. The van der Waals surface area contributed by atoms with Crippen molar-refractivity contribution in [1.29, 1.82) is 0 Å². The Hall–Kier alpha value is -2.55. The van der Waals surface area contributed by atoms with Gasteiger partial charge in [-0.15, -0.1) is 0 Å². The van der Waals surface area contributed by atoms with E-state index in [1.54, 1.807) is 7.11 Å². The minimum atomic E-state index is -0.357. The molecule has 2 aromatic rings. The van der Waals surface area contributed by atoms with E-state index in [9.17, 15) is 4.79 Å². The molecule has 26 heavy (non-hydrogen) atoms. The molecule has 1 aliphatic carbocycles. The highest BCUT2D eigenvalue weighted by Gasteiger charge is 2.56. The Kier molecular flexibility index (Phi) is 3.91. The standard InChI is InChI=1S/C23H25NO2/c1-22(13-12-17-8-10-18(26-3)11-9-17)14-15-23(16-22)19-6-4-5-7-20(19)24(2)21(23)25/h4-13H,14-16H2,1-3H3/b13-12+/t22-,23+/m1/s1. The van der Waals surface area contributed by atoms with Crippen LogP contribution in [0.2, 0.25) is 0 Å². The van der Waals surface area contributed by atoms with Gasteiger partial charge in [0.25, 0.3) is 0 Å². The third-order valence-corrected chi connectivity index (χ3v) is 6.12. The van der Waals surface area contributed by atoms with Crippen molar-refractivity contribution in [3.63, 3.8) is 0 Å². The predicted octanol–water partition coefficient (Wildman–Crippen LogP) is 4.81. The van der Waals surface area contributed by atoms with Gasteiger partial charge in [-0.25, -0.2) is 0 Å². The van der Waals surface area contributed by atoms with Gasteiger partial charge in [0.15, 0.2) is 0 Å². The third-order valence-electron chi connectivity index (χ3n) is 6.12. The summed E-state index contributed by atoms with van der Waals surface area (Å²) in [5.41, 5.74) is 3.09. The lowest BCUT2D eigenvalue weighted by molar-refractivity contribution is -0.122. The first-order valence-corrected chi connectivity index (χ1v) is 9.18. The maximum absolute atomic E-state index is 13.1. The SMILES string of the molecule is COc1ccc(/C=C/[C@]2(C)CC[C@@]3(C2)C(=O)N(C)c2ccccc23)cc1. The summed E-state index contributed by atoms with van der Waals surface area (Å²) in [6.45, 7) is 2.27. The molecule has 0 unspecified atom stereocenters. The topological polar surface area (TPSA) is 29.5 Å². The van der Waals surface area contributed by atoms with Gasteiger partial charge in [-0.05, 0) is 54.0 Å². The number of nitrogens with zero attached hydrogens (tertiary/aromatic N) is 1. The molecule has 1 saturated carbocycles. The number of carbonyl (C=O) groups excluding carboxylic acids is 1. The molecule has 1 aliphatic heterocycles. The van der Waals surface area contributed by atoms with E-state index < -0.39 is 0 Å². The second-order valence-electron chi connectivity index (χ2n) is 7.90. The molecular weight excluding hydrogens is 322 g/mol. The number of ether oxygens (including phenoxy) is 1. The van der Waals surface area contributed by atoms with Gasteiger partial charge in [-0.1, -0.05) is 49.4 Å². The Morgan fingerprint density at radius 2 is 1.81 bits per heavy atom. The highest BCUT2D eigenvalue weighted by atomic mass is 16.5. The maximum Gasteiger partial charge on any atom is 0.237 e. The first-order valence-electron chi connectivity index (χ1n) is 9.18. The van der Waals surface area contributed by atoms with E-state index in [1.807, 2.05) is 30.1 Å². The van der Waals surface area contributed by atoms with Crippen molar-refractivity contribution >= 4 is 17.7 Å². The lowest BCUT2D eigenvalue weighted by Gasteiger charge is -2.26. The smallest absolute Gasteiger partial charge is 0.237 e. The van der Waals surface area contributed by atoms with Crippen molar-refractivity contribution in [3.05, 3.63) is 65.7 Å². The minimum Gasteiger partial charge on any atom is -0.497 e. The summed E-state index contributed by atoms with van der Waals surface area (Å²) in [5.74, 6) is 1.12. The van der Waals surface area contributed by atoms with Crippen LogP contribution < -0.4 is 9.64 Å². The summed E-state index contributed by atoms with van der Waals surface area (Å²) in [5, 5.41) is 0. The summed E-state index contributed by atoms with van der Waals surface area (Å²) in [7, 11) is 3.58. The maximum atomic E-state index is 13.1. The van der Waals surface area contributed by atoms with Gasteiger partial charge in [0, 0.05) is 12.7 Å². The molecule has 1 amide bonds. The van der Waals surface area contributed by atoms with Crippen molar-refractivity contribution in [3.8, 4) is 5.75 Å². The molecule has 2 aromatic carbocycles. The van der Waals surface area contributed by atoms with Crippen LogP contribution in [-0.4, -0.2) is 20.1 Å². The van der Waals surface area contributed by atoms with Crippen molar-refractivity contribution in [2.24, 2.45) is 5.41 Å². The molecule has 1 heterocycles. The lowest BCUT2D eigenvalue weighted by Crippen LogP contribution is -2.37. The molecule has 0 aromatic heterocycles. The summed E-state index contributed by atoms with van der Waals surface area (Å²) in [6.07, 6.45) is 7.27. The first-order chi connectivity index (χ1) is 12.5. The van der Waals surface area contributed by atoms with Crippen LogP contribution in [0.5, 0.6) is 5.75 Å². The Morgan fingerprint density at radius 1 is 1.08 bits per heavy atom. The van der Waals surface area contributed by atoms with Gasteiger partial charge in [-0.3, -0.25) is 4.79 Å². The zero-order chi connectivity index (χ0) is 18.4. The van der Waals surface area contributed by atoms with Crippen LogP contribution in [0.4, 0.5) is 5.69 Å². The van der Waals surface area contributed by atoms with Crippen molar-refractivity contribution in [2.75, 3.05) is 19.1 Å². The molecule has 0 saturated heterocycles. The molecule has 3 heteroatoms. The van der Waals surface area contributed by atoms with E-state index >= 15 is 0 Å². The number of methoxy groups -OCH3 is 1. The molecule has 1 spiro atoms. The zero-order valence-corrected chi connectivity index (χ0v) is 15.7. The predicted molar refractivity (Wildman–Crippen MR) is 106 cm³/mol. The Balaban J connectivity index is 1.61. The third kappa shape index (κ3) is 2.54. The number of benzene rings is 2. The fraction of sp³-hybridized carbons (Fsp3) is 0.348. The number of fused-ring (bicyclic) bond motifs is 2. The Labute approximate surface area is 155 Å². The van der Waals surface area contributed by atoms with Crippen LogP contribution in [0.15, 0.2) is 54.6 Å². The van der Waals surface area contributed by atoms with E-state index in [4.69, 9.17) is 4.74 Å². The van der Waals surface area contributed by atoms with Crippen molar-refractivity contribution < 1.29 is 9.53 Å². The van der Waals surface area contributed by atoms with Gasteiger partial charge in [0.2, 0.25) is 5.91 Å². The van der Waals surface area contributed by atoms with E-state index in [0.717, 1.165) is 36.3 Å². The van der Waals surface area contributed by atoms with Gasteiger partial charge < -0.3 is 9.64 Å². The largest absolute Gasteiger partial charge is 0.497 e. The average Bonchev–Trinajstić information content (AvgIpc) is 3.13. The average molecular weight is 347 g/mol. The molecule has 2 aliphatic rings. The molecule has 2 atom stereocenters. The molecule has 0 bridgehead atoms. The number of amides is 1. The monoisotopic (exact) mass is 347 g/mol. The number of para-hydroxylation sites is 1.